The van der Waals surface area contributed by atoms with Crippen LogP contribution in [0.25, 0.3) is 17.1 Å². The quantitative estimate of drug-likeness (QED) is 0.596. The average molecular weight is 450 g/mol. The summed E-state index contributed by atoms with van der Waals surface area (Å²) in [6.45, 7) is 6.58. The Hall–Kier alpha value is -3.62. The first-order valence-corrected chi connectivity index (χ1v) is 11.0. The molecule has 0 radical (unpaired) electrons. The third-order valence-electron chi connectivity index (χ3n) is 6.28. The van der Waals surface area contributed by atoms with Gasteiger partial charge in [-0.15, -0.1) is 0 Å². The van der Waals surface area contributed by atoms with Crippen LogP contribution in [0.5, 0.6) is 0 Å². The monoisotopic (exact) mass is 449 g/mol. The number of hydrogen-bond acceptors (Lipinski definition) is 4. The molecule has 170 valence electrons. The van der Waals surface area contributed by atoms with Crippen molar-refractivity contribution in [2.75, 3.05) is 5.32 Å². The Morgan fingerprint density at radius 3 is 2.61 bits per heavy atom. The summed E-state index contributed by atoms with van der Waals surface area (Å²) in [5.74, 6) is 0.489. The molecule has 1 aliphatic carbocycles. The summed E-state index contributed by atoms with van der Waals surface area (Å²) in [5, 5.41) is 21.0. The molecule has 0 unspecified atom stereocenters. The van der Waals surface area contributed by atoms with Gasteiger partial charge in [0.2, 0.25) is 0 Å². The summed E-state index contributed by atoms with van der Waals surface area (Å²) in [6, 6.07) is 3.51. The van der Waals surface area contributed by atoms with Crippen molar-refractivity contribution >= 4 is 23.7 Å². The van der Waals surface area contributed by atoms with Crippen LogP contribution in [-0.2, 0) is 13.0 Å². The molecule has 2 N–H and O–H groups in total. The molecule has 33 heavy (non-hydrogen) atoms. The second-order valence-electron chi connectivity index (χ2n) is 8.69. The van der Waals surface area contributed by atoms with Crippen LogP contribution in [0.2, 0.25) is 0 Å². The molecule has 9 heteroatoms. The van der Waals surface area contributed by atoms with Gasteiger partial charge in [-0.1, -0.05) is 0 Å². The summed E-state index contributed by atoms with van der Waals surface area (Å²) in [7, 11) is 0. The molecule has 0 spiro atoms. The van der Waals surface area contributed by atoms with Crippen molar-refractivity contribution in [3.63, 3.8) is 0 Å². The van der Waals surface area contributed by atoms with Gasteiger partial charge in [-0.25, -0.2) is 23.1 Å². The van der Waals surface area contributed by atoms with Crippen LogP contribution in [0, 0.1) is 43.7 Å². The minimum atomic E-state index is -0.669. The average Bonchev–Trinajstić information content (AvgIpc) is 3.46. The molecule has 1 saturated carbocycles. The number of nitrogens with one attached hydrogen (secondary N) is 2. The highest BCUT2D eigenvalue weighted by Gasteiger charge is 2.28. The molecule has 1 aliphatic heterocycles. The van der Waals surface area contributed by atoms with Gasteiger partial charge in [0, 0.05) is 48.1 Å². The molecule has 5 rings (SSSR count). The topological polar surface area (TPSA) is 83.9 Å². The standard InChI is InChI=1S/C24H25F2N7/c1-13-14(2)30-33(15(13)3)22-11-21(27)29-24-19(8-9-28-22)23(31-32(24)12-16-4-5-16)18-7-6-17(25)10-20(18)26/h6-7,9-11,16H,4-5,8,12H2,1-3H3,(H2,27,29)/b22-11+,28-9-. The van der Waals surface area contributed by atoms with Gasteiger partial charge < -0.3 is 5.32 Å². The number of amidine groups is 1. The van der Waals surface area contributed by atoms with Gasteiger partial charge in [0.25, 0.3) is 0 Å². The van der Waals surface area contributed by atoms with E-state index in [9.17, 15) is 8.78 Å². The smallest absolute Gasteiger partial charge is 0.156 e. The van der Waals surface area contributed by atoms with Crippen LogP contribution in [0.1, 0.15) is 35.4 Å². The van der Waals surface area contributed by atoms with Gasteiger partial charge in [0.05, 0.1) is 5.69 Å². The van der Waals surface area contributed by atoms with Gasteiger partial charge in [0.15, 0.2) is 5.82 Å². The molecule has 2 aliphatic rings. The molecule has 1 fully saturated rings. The summed E-state index contributed by atoms with van der Waals surface area (Å²) < 4.78 is 31.8. The number of halogens is 2. The number of nitrogens with zero attached hydrogens (tertiary/aromatic N) is 5. The van der Waals surface area contributed by atoms with Crippen LogP contribution in [0.3, 0.4) is 0 Å². The summed E-state index contributed by atoms with van der Waals surface area (Å²) in [6.07, 6.45) is 5.95. The highest BCUT2D eigenvalue weighted by Crippen LogP contribution is 2.36. The van der Waals surface area contributed by atoms with Gasteiger partial charge in [-0.2, -0.15) is 10.2 Å². The van der Waals surface area contributed by atoms with Crippen molar-refractivity contribution < 1.29 is 8.78 Å². The lowest BCUT2D eigenvalue weighted by Gasteiger charge is -2.10. The molecule has 0 amide bonds. The molecule has 0 atom stereocenters. The van der Waals surface area contributed by atoms with Crippen molar-refractivity contribution in [2.45, 2.75) is 46.6 Å². The zero-order valence-corrected chi connectivity index (χ0v) is 18.8. The Balaban J connectivity index is 1.60. The van der Waals surface area contributed by atoms with E-state index >= 15 is 0 Å². The first-order valence-electron chi connectivity index (χ1n) is 11.0. The van der Waals surface area contributed by atoms with Gasteiger partial charge in [0.1, 0.15) is 29.0 Å². The van der Waals surface area contributed by atoms with E-state index in [1.807, 2.05) is 20.8 Å². The summed E-state index contributed by atoms with van der Waals surface area (Å²) in [5.41, 5.74) is 4.30. The fraction of sp³-hybridized carbons (Fsp3) is 0.333. The van der Waals surface area contributed by atoms with Crippen molar-refractivity contribution in [1.82, 2.24) is 19.6 Å². The van der Waals surface area contributed by atoms with E-state index in [0.717, 1.165) is 35.9 Å². The fourth-order valence-corrected chi connectivity index (χ4v) is 4.03. The van der Waals surface area contributed by atoms with E-state index in [4.69, 9.17) is 5.41 Å². The number of rotatable bonds is 4. The maximum absolute atomic E-state index is 14.7. The molecular weight excluding hydrogens is 424 g/mol. The van der Waals surface area contributed by atoms with Crippen molar-refractivity contribution in [3.05, 3.63) is 58.4 Å². The highest BCUT2D eigenvalue weighted by molar-refractivity contribution is 6.05. The largest absolute Gasteiger partial charge is 0.325 e. The number of aryl methyl sites for hydroxylation is 1. The number of aliphatic imine (C=N–C) groups is 1. The van der Waals surface area contributed by atoms with Gasteiger partial charge >= 0.3 is 0 Å². The lowest BCUT2D eigenvalue weighted by atomic mass is 10.0. The molecule has 1 aromatic carbocycles. The fourth-order valence-electron chi connectivity index (χ4n) is 4.03. The third-order valence-corrected chi connectivity index (χ3v) is 6.28. The predicted molar refractivity (Wildman–Crippen MR) is 125 cm³/mol. The Morgan fingerprint density at radius 2 is 1.94 bits per heavy atom. The van der Waals surface area contributed by atoms with E-state index in [1.54, 1.807) is 21.7 Å². The molecule has 2 aromatic heterocycles. The Morgan fingerprint density at radius 1 is 1.15 bits per heavy atom. The summed E-state index contributed by atoms with van der Waals surface area (Å²) >= 11 is 0. The minimum absolute atomic E-state index is 0.124. The molecule has 3 heterocycles. The maximum atomic E-state index is 14.7. The zero-order chi connectivity index (χ0) is 23.3. The van der Waals surface area contributed by atoms with E-state index in [1.165, 1.54) is 12.1 Å². The zero-order valence-electron chi connectivity index (χ0n) is 18.8. The molecule has 3 aromatic rings. The Bertz CT molecular complexity index is 1330. The SMILES string of the molecule is Cc1nn(C2=C/C(=N)Nc3c(c(-c4ccc(F)cc4F)nn3CC3CC3)C/C=N\2)c(C)c1C. The predicted octanol–water partition coefficient (Wildman–Crippen LogP) is 4.87. The lowest BCUT2D eigenvalue weighted by Crippen LogP contribution is -2.15. The van der Waals surface area contributed by atoms with Crippen molar-refractivity contribution in [2.24, 2.45) is 10.9 Å². The third kappa shape index (κ3) is 3.99. The van der Waals surface area contributed by atoms with Gasteiger partial charge in [-0.3, -0.25) is 5.41 Å². The normalized spacial score (nSPS) is 18.6. The lowest BCUT2D eigenvalue weighted by molar-refractivity contribution is 0.568. The number of benzene rings is 1. The second kappa shape index (κ2) is 8.06. The van der Waals surface area contributed by atoms with Gasteiger partial charge in [-0.05, 0) is 57.2 Å². The van der Waals surface area contributed by atoms with Crippen molar-refractivity contribution in [1.29, 1.82) is 5.41 Å². The number of hydrogen-bond donors (Lipinski definition) is 2. The van der Waals surface area contributed by atoms with Crippen LogP contribution in [-0.4, -0.2) is 31.6 Å². The number of fused-ring (bicyclic) bond motifs is 1. The van der Waals surface area contributed by atoms with E-state index in [-0.39, 0.29) is 11.4 Å². The summed E-state index contributed by atoms with van der Waals surface area (Å²) in [4.78, 5) is 4.60. The molecule has 0 bridgehead atoms. The first kappa shape index (κ1) is 21.2. The second-order valence-corrected chi connectivity index (χ2v) is 8.69. The number of anilines is 1. The van der Waals surface area contributed by atoms with E-state index in [2.05, 4.69) is 20.5 Å². The Kier molecular flexibility index (Phi) is 5.19. The molecule has 7 nitrogen and oxygen atoms in total. The van der Waals surface area contributed by atoms with Crippen LogP contribution < -0.4 is 5.32 Å². The van der Waals surface area contributed by atoms with Crippen LogP contribution in [0.15, 0.2) is 29.3 Å². The molecule has 0 saturated heterocycles. The van der Waals surface area contributed by atoms with E-state index < -0.39 is 11.6 Å². The van der Waals surface area contributed by atoms with Crippen molar-refractivity contribution in [3.8, 4) is 11.3 Å². The first-order chi connectivity index (χ1) is 15.8. The van der Waals surface area contributed by atoms with Crippen LogP contribution in [0.4, 0.5) is 14.6 Å². The van der Waals surface area contributed by atoms with Crippen LogP contribution >= 0.6 is 0 Å². The van der Waals surface area contributed by atoms with E-state index in [0.29, 0.717) is 41.8 Å². The maximum Gasteiger partial charge on any atom is 0.156 e. The number of aromatic nitrogens is 4. The molecular formula is C24H25F2N7. The highest BCUT2D eigenvalue weighted by atomic mass is 19.1. The minimum Gasteiger partial charge on any atom is -0.325 e. The Labute approximate surface area is 190 Å².